The molecule has 2 aliphatic rings. The fraction of sp³-hybridized carbons (Fsp3) is 0.526. The lowest BCUT2D eigenvalue weighted by molar-refractivity contribution is 0.0951. The van der Waals surface area contributed by atoms with Gasteiger partial charge in [0, 0.05) is 43.7 Å². The molecule has 0 unspecified atom stereocenters. The Kier molecular flexibility index (Phi) is 4.07. The summed E-state index contributed by atoms with van der Waals surface area (Å²) in [6.45, 7) is 6.78. The minimum atomic E-state index is -0.0766. The summed E-state index contributed by atoms with van der Waals surface area (Å²) in [5.41, 5.74) is 1.20. The van der Waals surface area contributed by atoms with Crippen molar-refractivity contribution in [2.75, 3.05) is 13.1 Å². The van der Waals surface area contributed by atoms with E-state index in [1.54, 1.807) is 22.8 Å². The van der Waals surface area contributed by atoms with Crippen molar-refractivity contribution in [3.63, 3.8) is 0 Å². The number of nitrogens with zero attached hydrogens (tertiary/aromatic N) is 3. The van der Waals surface area contributed by atoms with Crippen LogP contribution in [0, 0.1) is 0 Å². The summed E-state index contributed by atoms with van der Waals surface area (Å²) in [6, 6.07) is 5.99. The van der Waals surface area contributed by atoms with Crippen LogP contribution in [-0.4, -0.2) is 45.5 Å². The molecular weight excluding hydrogens is 316 g/mol. The maximum atomic E-state index is 12.9. The van der Waals surface area contributed by atoms with Gasteiger partial charge in [-0.3, -0.25) is 19.1 Å². The van der Waals surface area contributed by atoms with E-state index in [4.69, 9.17) is 4.98 Å². The van der Waals surface area contributed by atoms with Gasteiger partial charge in [-0.1, -0.05) is 0 Å². The molecule has 1 aliphatic carbocycles. The van der Waals surface area contributed by atoms with Crippen molar-refractivity contribution in [3.8, 4) is 0 Å². The van der Waals surface area contributed by atoms with Crippen LogP contribution in [0.25, 0.3) is 10.9 Å². The minimum Gasteiger partial charge on any atom is -0.349 e. The lowest BCUT2D eigenvalue weighted by atomic mass is 10.1. The summed E-state index contributed by atoms with van der Waals surface area (Å²) in [5.74, 6) is 0.743. The number of nitrogens with one attached hydrogen (secondary N) is 1. The number of carbonyl (C=O) groups is 1. The van der Waals surface area contributed by atoms with E-state index in [0.717, 1.165) is 38.2 Å². The van der Waals surface area contributed by atoms with Crippen molar-refractivity contribution in [2.24, 2.45) is 0 Å². The second kappa shape index (κ2) is 6.26. The molecule has 6 heteroatoms. The highest BCUT2D eigenvalue weighted by atomic mass is 16.1. The molecule has 2 aromatic rings. The van der Waals surface area contributed by atoms with Crippen molar-refractivity contribution >= 4 is 16.8 Å². The second-order valence-corrected chi connectivity index (χ2v) is 7.34. The number of amides is 1. The van der Waals surface area contributed by atoms with Crippen LogP contribution >= 0.6 is 0 Å². The van der Waals surface area contributed by atoms with Crippen LogP contribution in [-0.2, 0) is 13.0 Å². The number of fused-ring (bicyclic) bond motifs is 2. The highest BCUT2D eigenvalue weighted by molar-refractivity contribution is 5.97. The Labute approximate surface area is 146 Å². The highest BCUT2D eigenvalue weighted by Gasteiger charge is 2.24. The number of benzene rings is 1. The maximum Gasteiger partial charge on any atom is 0.261 e. The van der Waals surface area contributed by atoms with Crippen molar-refractivity contribution in [2.45, 2.75) is 51.7 Å². The largest absolute Gasteiger partial charge is 0.349 e. The standard InChI is InChI=1S/C19H24N4O2/c1-12(2)22-8-7-17-21-16-11-13(18(24)20-14-4-5-14)3-6-15(16)19(25)23(17)10-9-22/h3,6,11-12,14H,4-5,7-10H2,1-2H3,(H,20,24). The van der Waals surface area contributed by atoms with E-state index in [1.807, 2.05) is 0 Å². The monoisotopic (exact) mass is 340 g/mol. The van der Waals surface area contributed by atoms with Gasteiger partial charge in [-0.05, 0) is 44.9 Å². The van der Waals surface area contributed by atoms with E-state index < -0.39 is 0 Å². The first-order valence-corrected chi connectivity index (χ1v) is 9.11. The number of hydrogen-bond acceptors (Lipinski definition) is 4. The molecule has 1 N–H and O–H groups in total. The van der Waals surface area contributed by atoms with Gasteiger partial charge in [0.25, 0.3) is 11.5 Å². The molecule has 1 fully saturated rings. The summed E-state index contributed by atoms with van der Waals surface area (Å²) in [7, 11) is 0. The average Bonchev–Trinajstić information content (AvgIpc) is 3.41. The summed E-state index contributed by atoms with van der Waals surface area (Å²) >= 11 is 0. The summed E-state index contributed by atoms with van der Waals surface area (Å²) in [6.07, 6.45) is 2.86. The molecule has 6 nitrogen and oxygen atoms in total. The maximum absolute atomic E-state index is 12.9. The summed E-state index contributed by atoms with van der Waals surface area (Å²) in [5, 5.41) is 3.57. The van der Waals surface area contributed by atoms with Gasteiger partial charge in [0.2, 0.25) is 0 Å². The Hall–Kier alpha value is -2.21. The molecule has 0 atom stereocenters. The van der Waals surface area contributed by atoms with Gasteiger partial charge in [0.15, 0.2) is 0 Å². The Morgan fingerprint density at radius 3 is 2.76 bits per heavy atom. The van der Waals surface area contributed by atoms with E-state index >= 15 is 0 Å². The molecule has 0 saturated heterocycles. The molecular formula is C19H24N4O2. The predicted molar refractivity (Wildman–Crippen MR) is 96.9 cm³/mol. The molecule has 1 aromatic carbocycles. The van der Waals surface area contributed by atoms with E-state index in [-0.39, 0.29) is 11.5 Å². The van der Waals surface area contributed by atoms with Crippen LogP contribution < -0.4 is 10.9 Å². The predicted octanol–water partition coefficient (Wildman–Crippen LogP) is 1.56. The molecule has 1 aliphatic heterocycles. The molecule has 1 saturated carbocycles. The Morgan fingerprint density at radius 2 is 2.04 bits per heavy atom. The van der Waals surface area contributed by atoms with Gasteiger partial charge >= 0.3 is 0 Å². The van der Waals surface area contributed by atoms with Crippen LogP contribution in [0.15, 0.2) is 23.0 Å². The zero-order valence-electron chi connectivity index (χ0n) is 14.8. The first-order valence-electron chi connectivity index (χ1n) is 9.11. The smallest absolute Gasteiger partial charge is 0.261 e. The fourth-order valence-corrected chi connectivity index (χ4v) is 3.43. The normalized spacial score (nSPS) is 18.2. The highest BCUT2D eigenvalue weighted by Crippen LogP contribution is 2.20. The number of hydrogen-bond donors (Lipinski definition) is 1. The third kappa shape index (κ3) is 3.18. The molecule has 1 amide bonds. The van der Waals surface area contributed by atoms with Crippen molar-refractivity contribution in [1.82, 2.24) is 19.8 Å². The summed E-state index contributed by atoms with van der Waals surface area (Å²) in [4.78, 5) is 32.2. The second-order valence-electron chi connectivity index (χ2n) is 7.34. The van der Waals surface area contributed by atoms with Gasteiger partial charge < -0.3 is 5.32 Å². The molecule has 4 rings (SSSR count). The number of rotatable bonds is 3. The molecule has 0 bridgehead atoms. The third-order valence-corrected chi connectivity index (χ3v) is 5.17. The fourth-order valence-electron chi connectivity index (χ4n) is 3.43. The molecule has 0 radical (unpaired) electrons. The Bertz CT molecular complexity index is 883. The molecule has 2 heterocycles. The zero-order valence-corrected chi connectivity index (χ0v) is 14.8. The van der Waals surface area contributed by atoms with Crippen molar-refractivity contribution < 1.29 is 4.79 Å². The molecule has 1 aromatic heterocycles. The zero-order chi connectivity index (χ0) is 17.6. The molecule has 132 valence electrons. The Morgan fingerprint density at radius 1 is 1.24 bits per heavy atom. The van der Waals surface area contributed by atoms with Crippen LogP contribution in [0.3, 0.4) is 0 Å². The first kappa shape index (κ1) is 16.3. The first-order chi connectivity index (χ1) is 12.0. The number of carbonyl (C=O) groups excluding carboxylic acids is 1. The van der Waals surface area contributed by atoms with Crippen LogP contribution in [0.1, 0.15) is 42.9 Å². The molecule has 25 heavy (non-hydrogen) atoms. The van der Waals surface area contributed by atoms with Crippen LogP contribution in [0.2, 0.25) is 0 Å². The van der Waals surface area contributed by atoms with Gasteiger partial charge in [-0.15, -0.1) is 0 Å². The van der Waals surface area contributed by atoms with Gasteiger partial charge in [0.1, 0.15) is 5.82 Å². The average molecular weight is 340 g/mol. The topological polar surface area (TPSA) is 67.2 Å². The van der Waals surface area contributed by atoms with E-state index in [9.17, 15) is 9.59 Å². The van der Waals surface area contributed by atoms with Gasteiger partial charge in [-0.25, -0.2) is 4.98 Å². The minimum absolute atomic E-state index is 0.000225. The lowest BCUT2D eigenvalue weighted by Gasteiger charge is -2.23. The van der Waals surface area contributed by atoms with E-state index in [1.165, 1.54) is 0 Å². The number of aromatic nitrogens is 2. The lowest BCUT2D eigenvalue weighted by Crippen LogP contribution is -2.34. The Balaban J connectivity index is 1.70. The van der Waals surface area contributed by atoms with Crippen molar-refractivity contribution in [3.05, 3.63) is 39.9 Å². The molecule has 0 spiro atoms. The third-order valence-electron chi connectivity index (χ3n) is 5.17. The van der Waals surface area contributed by atoms with Gasteiger partial charge in [-0.2, -0.15) is 0 Å². The van der Waals surface area contributed by atoms with E-state index in [2.05, 4.69) is 24.1 Å². The van der Waals surface area contributed by atoms with Crippen molar-refractivity contribution in [1.29, 1.82) is 0 Å². The van der Waals surface area contributed by atoms with E-state index in [0.29, 0.717) is 35.1 Å². The quantitative estimate of drug-likeness (QED) is 0.921. The SMILES string of the molecule is CC(C)N1CCc2nc3cc(C(=O)NC4CC4)ccc3c(=O)n2CC1. The van der Waals surface area contributed by atoms with Crippen LogP contribution in [0.5, 0.6) is 0 Å². The van der Waals surface area contributed by atoms with Gasteiger partial charge in [0.05, 0.1) is 10.9 Å². The summed E-state index contributed by atoms with van der Waals surface area (Å²) < 4.78 is 1.80. The van der Waals surface area contributed by atoms with Crippen LogP contribution in [0.4, 0.5) is 0 Å².